The van der Waals surface area contributed by atoms with Gasteiger partial charge in [-0.15, -0.1) is 0 Å². The van der Waals surface area contributed by atoms with E-state index in [4.69, 9.17) is 9.84 Å². The normalized spacial score (nSPS) is 16.1. The maximum atomic E-state index is 11.7. The second-order valence-electron chi connectivity index (χ2n) is 4.83. The van der Waals surface area contributed by atoms with Gasteiger partial charge in [-0.25, -0.2) is 0 Å². The first kappa shape index (κ1) is 12.9. The molecular weight excluding hydrogens is 230 g/mol. The van der Waals surface area contributed by atoms with Gasteiger partial charge in [-0.3, -0.25) is 4.79 Å². The zero-order valence-corrected chi connectivity index (χ0v) is 10.6. The number of aryl methyl sites for hydroxylation is 1. The number of aliphatic hydroxyl groups is 1. The van der Waals surface area contributed by atoms with Crippen molar-refractivity contribution in [2.24, 2.45) is 0 Å². The van der Waals surface area contributed by atoms with Crippen molar-refractivity contribution in [3.05, 3.63) is 29.8 Å². The summed E-state index contributed by atoms with van der Waals surface area (Å²) < 4.78 is 5.08. The maximum absolute atomic E-state index is 11.7. The third kappa shape index (κ3) is 3.23. The van der Waals surface area contributed by atoms with E-state index in [1.165, 1.54) is 0 Å². The Bertz CT molecular complexity index is 410. The molecule has 0 aromatic heterocycles. The Morgan fingerprint density at radius 2 is 2.06 bits per heavy atom. The van der Waals surface area contributed by atoms with Gasteiger partial charge in [-0.2, -0.15) is 0 Å². The first-order chi connectivity index (χ1) is 8.67. The van der Waals surface area contributed by atoms with E-state index < -0.39 is 0 Å². The number of hydrogen-bond acceptors (Lipinski definition) is 3. The van der Waals surface area contributed by atoms with Crippen LogP contribution in [-0.2, 0) is 11.2 Å². The molecule has 1 fully saturated rings. The third-order valence-electron chi connectivity index (χ3n) is 3.36. The van der Waals surface area contributed by atoms with Crippen LogP contribution in [0.25, 0.3) is 0 Å². The number of ether oxygens (including phenoxy) is 1. The highest BCUT2D eigenvalue weighted by molar-refractivity contribution is 5.77. The molecule has 4 nitrogen and oxygen atoms in total. The van der Waals surface area contributed by atoms with Crippen molar-refractivity contribution >= 4 is 5.91 Å². The first-order valence-corrected chi connectivity index (χ1v) is 6.22. The molecule has 2 N–H and O–H groups in total. The van der Waals surface area contributed by atoms with Crippen LogP contribution in [0.1, 0.15) is 24.8 Å². The van der Waals surface area contributed by atoms with Gasteiger partial charge in [0.05, 0.1) is 19.3 Å². The predicted molar refractivity (Wildman–Crippen MR) is 68.5 cm³/mol. The topological polar surface area (TPSA) is 58.6 Å². The molecule has 0 radical (unpaired) electrons. The van der Waals surface area contributed by atoms with Crippen molar-refractivity contribution in [3.8, 4) is 5.75 Å². The van der Waals surface area contributed by atoms with Crippen LogP contribution >= 0.6 is 0 Å². The zero-order chi connectivity index (χ0) is 13.0. The van der Waals surface area contributed by atoms with Crippen LogP contribution in [0.2, 0.25) is 0 Å². The fourth-order valence-corrected chi connectivity index (χ4v) is 1.88. The van der Waals surface area contributed by atoms with E-state index in [9.17, 15) is 4.79 Å². The summed E-state index contributed by atoms with van der Waals surface area (Å²) in [6.45, 7) is 0.0429. The third-order valence-corrected chi connectivity index (χ3v) is 3.36. The molecule has 1 aliphatic rings. The SMILES string of the molecule is COc1ccc(CCC(=O)NC2(CO)CC2)cc1. The monoisotopic (exact) mass is 249 g/mol. The first-order valence-electron chi connectivity index (χ1n) is 6.22. The molecule has 98 valence electrons. The minimum Gasteiger partial charge on any atom is -0.497 e. The van der Waals surface area contributed by atoms with Crippen LogP contribution in [0.3, 0.4) is 0 Å². The van der Waals surface area contributed by atoms with Gasteiger partial charge in [0.25, 0.3) is 0 Å². The summed E-state index contributed by atoms with van der Waals surface area (Å²) in [5.74, 6) is 0.831. The van der Waals surface area contributed by atoms with Crippen molar-refractivity contribution in [2.75, 3.05) is 13.7 Å². The van der Waals surface area contributed by atoms with Crippen molar-refractivity contribution in [1.29, 1.82) is 0 Å². The molecule has 0 unspecified atom stereocenters. The lowest BCUT2D eigenvalue weighted by Gasteiger charge is -2.14. The molecule has 1 aromatic carbocycles. The van der Waals surface area contributed by atoms with Crippen LogP contribution in [0.4, 0.5) is 0 Å². The van der Waals surface area contributed by atoms with Gasteiger partial charge in [0.1, 0.15) is 5.75 Å². The fourth-order valence-electron chi connectivity index (χ4n) is 1.88. The highest BCUT2D eigenvalue weighted by Crippen LogP contribution is 2.34. The molecule has 0 atom stereocenters. The van der Waals surface area contributed by atoms with E-state index >= 15 is 0 Å². The molecule has 1 aliphatic carbocycles. The van der Waals surface area contributed by atoms with Crippen LogP contribution < -0.4 is 10.1 Å². The van der Waals surface area contributed by atoms with Gasteiger partial charge in [0.15, 0.2) is 0 Å². The zero-order valence-electron chi connectivity index (χ0n) is 10.6. The van der Waals surface area contributed by atoms with Crippen molar-refractivity contribution in [3.63, 3.8) is 0 Å². The summed E-state index contributed by atoms with van der Waals surface area (Å²) in [4.78, 5) is 11.7. The molecule has 0 aliphatic heterocycles. The average Bonchev–Trinajstić information content (AvgIpc) is 3.17. The molecule has 4 heteroatoms. The Balaban J connectivity index is 1.78. The molecule has 0 saturated heterocycles. The summed E-state index contributed by atoms with van der Waals surface area (Å²) >= 11 is 0. The number of hydrogen-bond donors (Lipinski definition) is 2. The summed E-state index contributed by atoms with van der Waals surface area (Å²) in [6.07, 6.45) is 2.93. The Morgan fingerprint density at radius 1 is 1.39 bits per heavy atom. The summed E-state index contributed by atoms with van der Waals surface area (Å²) in [5.41, 5.74) is 0.802. The van der Waals surface area contributed by atoms with Crippen LogP contribution in [0, 0.1) is 0 Å². The van der Waals surface area contributed by atoms with Gasteiger partial charge in [-0.1, -0.05) is 12.1 Å². The number of carbonyl (C=O) groups is 1. The maximum Gasteiger partial charge on any atom is 0.220 e. The minimum absolute atomic E-state index is 0.0115. The lowest BCUT2D eigenvalue weighted by Crippen LogP contribution is -2.39. The molecular formula is C14H19NO3. The smallest absolute Gasteiger partial charge is 0.220 e. The number of nitrogens with one attached hydrogen (secondary N) is 1. The molecule has 0 heterocycles. The number of aliphatic hydroxyl groups excluding tert-OH is 1. The number of benzene rings is 1. The van der Waals surface area contributed by atoms with E-state index in [2.05, 4.69) is 5.32 Å². The van der Waals surface area contributed by atoms with E-state index in [1.807, 2.05) is 24.3 Å². The molecule has 0 bridgehead atoms. The van der Waals surface area contributed by atoms with Gasteiger partial charge in [-0.05, 0) is 37.0 Å². The molecule has 0 spiro atoms. The number of methoxy groups -OCH3 is 1. The van der Waals surface area contributed by atoms with Gasteiger partial charge in [0.2, 0.25) is 5.91 Å². The Morgan fingerprint density at radius 3 is 2.56 bits per heavy atom. The number of rotatable bonds is 6. The molecule has 2 rings (SSSR count). The second kappa shape index (κ2) is 5.40. The molecule has 1 amide bonds. The number of amides is 1. The van der Waals surface area contributed by atoms with E-state index in [0.717, 1.165) is 24.2 Å². The van der Waals surface area contributed by atoms with Crippen LogP contribution in [0.5, 0.6) is 5.75 Å². The fraction of sp³-hybridized carbons (Fsp3) is 0.500. The lowest BCUT2D eigenvalue weighted by atomic mass is 10.1. The summed E-state index contributed by atoms with van der Waals surface area (Å²) in [6, 6.07) is 7.71. The Kier molecular flexibility index (Phi) is 3.87. The molecule has 1 aromatic rings. The quantitative estimate of drug-likeness (QED) is 0.798. The standard InChI is InChI=1S/C14H19NO3/c1-18-12-5-2-11(3-6-12)4-7-13(17)15-14(10-16)8-9-14/h2-3,5-6,16H,4,7-10H2,1H3,(H,15,17). The van der Waals surface area contributed by atoms with Crippen molar-refractivity contribution in [1.82, 2.24) is 5.32 Å². The number of carbonyl (C=O) groups excluding carboxylic acids is 1. The molecule has 1 saturated carbocycles. The summed E-state index contributed by atoms with van der Waals surface area (Å²) in [5, 5.41) is 12.0. The van der Waals surface area contributed by atoms with Crippen LogP contribution in [-0.4, -0.2) is 30.3 Å². The van der Waals surface area contributed by atoms with E-state index in [1.54, 1.807) is 7.11 Å². The average molecular weight is 249 g/mol. The van der Waals surface area contributed by atoms with Crippen molar-refractivity contribution in [2.45, 2.75) is 31.2 Å². The second-order valence-corrected chi connectivity index (χ2v) is 4.83. The van der Waals surface area contributed by atoms with E-state index in [-0.39, 0.29) is 18.1 Å². The van der Waals surface area contributed by atoms with E-state index in [0.29, 0.717) is 12.8 Å². The highest BCUT2D eigenvalue weighted by atomic mass is 16.5. The van der Waals surface area contributed by atoms with Gasteiger partial charge in [0, 0.05) is 6.42 Å². The Labute approximate surface area is 107 Å². The van der Waals surface area contributed by atoms with Gasteiger partial charge < -0.3 is 15.2 Å². The van der Waals surface area contributed by atoms with Crippen LogP contribution in [0.15, 0.2) is 24.3 Å². The highest BCUT2D eigenvalue weighted by Gasteiger charge is 2.43. The van der Waals surface area contributed by atoms with Gasteiger partial charge >= 0.3 is 0 Å². The largest absolute Gasteiger partial charge is 0.497 e. The lowest BCUT2D eigenvalue weighted by molar-refractivity contribution is -0.122. The van der Waals surface area contributed by atoms with Crippen molar-refractivity contribution < 1.29 is 14.6 Å². The minimum atomic E-state index is -0.309. The Hall–Kier alpha value is -1.55. The molecule has 18 heavy (non-hydrogen) atoms. The summed E-state index contributed by atoms with van der Waals surface area (Å²) in [7, 11) is 1.63. The predicted octanol–water partition coefficient (Wildman–Crippen LogP) is 1.27.